The van der Waals surface area contributed by atoms with E-state index in [9.17, 15) is 24.3 Å². The van der Waals surface area contributed by atoms with Gasteiger partial charge in [-0.25, -0.2) is 9.48 Å². The molecule has 146 valence electrons. The lowest BCUT2D eigenvalue weighted by molar-refractivity contribution is 0.0695. The lowest BCUT2D eigenvalue weighted by Gasteiger charge is -2.15. The number of amides is 2. The van der Waals surface area contributed by atoms with Crippen LogP contribution in [-0.4, -0.2) is 37.2 Å². The second kappa shape index (κ2) is 6.16. The number of benzene rings is 1. The zero-order valence-corrected chi connectivity index (χ0v) is 15.4. The number of hydrogen-bond donors (Lipinski definition) is 3. The molecule has 0 unspecified atom stereocenters. The molecule has 4 rings (SSSR count). The third kappa shape index (κ3) is 2.69. The van der Waals surface area contributed by atoms with Gasteiger partial charge >= 0.3 is 5.97 Å². The first-order valence-electron chi connectivity index (χ1n) is 8.51. The van der Waals surface area contributed by atoms with E-state index in [1.54, 1.807) is 19.9 Å². The fourth-order valence-corrected chi connectivity index (χ4v) is 3.44. The summed E-state index contributed by atoms with van der Waals surface area (Å²) in [6.07, 6.45) is 0. The summed E-state index contributed by atoms with van der Waals surface area (Å²) in [6.45, 7) is 3.58. The molecule has 2 amide bonds. The molecule has 1 aromatic carbocycles. The molecule has 0 saturated heterocycles. The number of aromatic carboxylic acids is 1. The van der Waals surface area contributed by atoms with Gasteiger partial charge in [-0.15, -0.1) is 0 Å². The maximum absolute atomic E-state index is 12.6. The molecule has 29 heavy (non-hydrogen) atoms. The number of rotatable bonds is 3. The number of fused-ring (bicyclic) bond motifs is 1. The normalized spacial score (nSPS) is 12.8. The number of carboxylic acid groups (broad SMARTS) is 1. The molecule has 0 fully saturated rings. The largest absolute Gasteiger partial charge is 0.478 e. The zero-order chi connectivity index (χ0) is 21.0. The Balaban J connectivity index is 1.96. The maximum atomic E-state index is 12.6. The Labute approximate surface area is 163 Å². The quantitative estimate of drug-likeness (QED) is 0.557. The fourth-order valence-electron chi connectivity index (χ4n) is 3.44. The van der Waals surface area contributed by atoms with E-state index in [0.29, 0.717) is 5.69 Å². The summed E-state index contributed by atoms with van der Waals surface area (Å²) >= 11 is 0. The predicted molar refractivity (Wildman–Crippen MR) is 102 cm³/mol. The Bertz CT molecular complexity index is 1300. The van der Waals surface area contributed by atoms with Gasteiger partial charge in [-0.2, -0.15) is 5.10 Å². The Morgan fingerprint density at radius 1 is 1.10 bits per heavy atom. The molecule has 0 atom stereocenters. The smallest absolute Gasteiger partial charge is 0.337 e. The van der Waals surface area contributed by atoms with Crippen molar-refractivity contribution in [2.45, 2.75) is 13.8 Å². The van der Waals surface area contributed by atoms with Crippen molar-refractivity contribution in [3.05, 3.63) is 68.8 Å². The molecular weight excluding hydrogens is 378 g/mol. The number of carboxylic acids is 1. The van der Waals surface area contributed by atoms with Crippen LogP contribution in [0.4, 0.5) is 5.82 Å². The molecule has 10 heteroatoms. The van der Waals surface area contributed by atoms with Crippen molar-refractivity contribution in [3.8, 4) is 11.4 Å². The van der Waals surface area contributed by atoms with Crippen LogP contribution in [0.5, 0.6) is 0 Å². The monoisotopic (exact) mass is 393 g/mol. The summed E-state index contributed by atoms with van der Waals surface area (Å²) in [5.41, 5.74) is 6.92. The average molecular weight is 393 g/mol. The molecule has 0 bridgehead atoms. The third-order valence-corrected chi connectivity index (χ3v) is 4.66. The number of imide groups is 1. The molecule has 4 N–H and O–H groups in total. The molecule has 0 aliphatic carbocycles. The van der Waals surface area contributed by atoms with Crippen LogP contribution < -0.4 is 16.6 Å². The standard InChI is InChI=1S/C19H15N5O5/c1-8-5-9(2)24(22-8)13-4-3-10(6-11(13)19(28)29)23-14(25)7-12-15(16(23)20)18(27)21-17(12)26/h3-7H,20H2,1-2H3,(H,28,29)(H,21,26,27). The number of carbonyl (C=O) groups is 3. The number of nitrogens with two attached hydrogens (primary N) is 1. The Hall–Kier alpha value is -4.21. The number of nitrogens with one attached hydrogen (secondary N) is 1. The van der Waals surface area contributed by atoms with Gasteiger partial charge in [0.05, 0.1) is 33.8 Å². The fraction of sp³-hybridized carbons (Fsp3) is 0.105. The van der Waals surface area contributed by atoms with Gasteiger partial charge in [-0.05, 0) is 38.1 Å². The van der Waals surface area contributed by atoms with Crippen molar-refractivity contribution in [2.75, 3.05) is 5.73 Å². The molecule has 3 heterocycles. The highest BCUT2D eigenvalue weighted by Gasteiger charge is 2.32. The van der Waals surface area contributed by atoms with E-state index >= 15 is 0 Å². The van der Waals surface area contributed by atoms with E-state index in [1.807, 2.05) is 0 Å². The van der Waals surface area contributed by atoms with Crippen molar-refractivity contribution < 1.29 is 19.5 Å². The summed E-state index contributed by atoms with van der Waals surface area (Å²) in [6, 6.07) is 7.08. The summed E-state index contributed by atoms with van der Waals surface area (Å²) in [5.74, 6) is -2.89. The topological polar surface area (TPSA) is 149 Å². The van der Waals surface area contributed by atoms with Gasteiger partial charge in [0.1, 0.15) is 5.82 Å². The Kier molecular flexibility index (Phi) is 3.86. The van der Waals surface area contributed by atoms with Crippen molar-refractivity contribution in [1.82, 2.24) is 19.7 Å². The van der Waals surface area contributed by atoms with Gasteiger partial charge in [-0.3, -0.25) is 24.3 Å². The summed E-state index contributed by atoms with van der Waals surface area (Å²) < 4.78 is 2.48. The van der Waals surface area contributed by atoms with Crippen LogP contribution in [0, 0.1) is 13.8 Å². The predicted octanol–water partition coefficient (Wildman–Crippen LogP) is 0.804. The number of anilines is 1. The van der Waals surface area contributed by atoms with E-state index in [0.717, 1.165) is 22.0 Å². The maximum Gasteiger partial charge on any atom is 0.337 e. The molecule has 2 aromatic heterocycles. The van der Waals surface area contributed by atoms with Crippen LogP contribution >= 0.6 is 0 Å². The minimum atomic E-state index is -1.23. The van der Waals surface area contributed by atoms with Crippen molar-refractivity contribution >= 4 is 23.6 Å². The number of hydrogen-bond acceptors (Lipinski definition) is 6. The highest BCUT2D eigenvalue weighted by Crippen LogP contribution is 2.25. The SMILES string of the molecule is Cc1cc(C)n(-c2ccc(-n3c(N)c4c(cc3=O)C(=O)NC4=O)cc2C(=O)O)n1. The van der Waals surface area contributed by atoms with Gasteiger partial charge in [0.2, 0.25) is 0 Å². The number of aromatic nitrogens is 3. The molecule has 0 spiro atoms. The Morgan fingerprint density at radius 3 is 2.45 bits per heavy atom. The van der Waals surface area contributed by atoms with E-state index in [-0.39, 0.29) is 28.2 Å². The van der Waals surface area contributed by atoms with Crippen molar-refractivity contribution in [2.24, 2.45) is 0 Å². The third-order valence-electron chi connectivity index (χ3n) is 4.66. The number of nitrogen functional groups attached to an aromatic ring is 1. The van der Waals surface area contributed by atoms with Crippen molar-refractivity contribution in [3.63, 3.8) is 0 Å². The van der Waals surface area contributed by atoms with Crippen LogP contribution in [0.2, 0.25) is 0 Å². The van der Waals surface area contributed by atoms with Crippen LogP contribution in [0.25, 0.3) is 11.4 Å². The first kappa shape index (κ1) is 18.2. The Morgan fingerprint density at radius 2 is 1.83 bits per heavy atom. The molecule has 1 aliphatic heterocycles. The summed E-state index contributed by atoms with van der Waals surface area (Å²) in [5, 5.41) is 16.1. The lowest BCUT2D eigenvalue weighted by Crippen LogP contribution is -2.24. The van der Waals surface area contributed by atoms with E-state index in [2.05, 4.69) is 10.4 Å². The first-order chi connectivity index (χ1) is 13.7. The molecule has 3 aromatic rings. The van der Waals surface area contributed by atoms with Crippen LogP contribution in [0.15, 0.2) is 35.1 Å². The van der Waals surface area contributed by atoms with Crippen molar-refractivity contribution in [1.29, 1.82) is 0 Å². The van der Waals surface area contributed by atoms with E-state index in [1.165, 1.54) is 22.9 Å². The van der Waals surface area contributed by atoms with Gasteiger partial charge in [-0.1, -0.05) is 0 Å². The van der Waals surface area contributed by atoms with Gasteiger partial charge in [0.25, 0.3) is 17.4 Å². The number of carbonyl (C=O) groups excluding carboxylic acids is 2. The lowest BCUT2D eigenvalue weighted by atomic mass is 10.1. The van der Waals surface area contributed by atoms with E-state index in [4.69, 9.17) is 5.73 Å². The number of pyridine rings is 1. The highest BCUT2D eigenvalue weighted by atomic mass is 16.4. The zero-order valence-electron chi connectivity index (χ0n) is 15.4. The minimum Gasteiger partial charge on any atom is -0.478 e. The van der Waals surface area contributed by atoms with Crippen LogP contribution in [0.1, 0.15) is 42.5 Å². The molecular formula is C19H15N5O5. The summed E-state index contributed by atoms with van der Waals surface area (Å²) in [7, 11) is 0. The summed E-state index contributed by atoms with van der Waals surface area (Å²) in [4.78, 5) is 48.2. The van der Waals surface area contributed by atoms with Crippen LogP contribution in [0.3, 0.4) is 0 Å². The second-order valence-electron chi connectivity index (χ2n) is 6.62. The van der Waals surface area contributed by atoms with Gasteiger partial charge < -0.3 is 10.8 Å². The average Bonchev–Trinajstić information content (AvgIpc) is 3.12. The molecule has 10 nitrogen and oxygen atoms in total. The van der Waals surface area contributed by atoms with Crippen LogP contribution in [-0.2, 0) is 0 Å². The molecule has 0 saturated carbocycles. The van der Waals surface area contributed by atoms with Gasteiger partial charge in [0, 0.05) is 11.8 Å². The molecule has 0 radical (unpaired) electrons. The van der Waals surface area contributed by atoms with Gasteiger partial charge in [0.15, 0.2) is 0 Å². The first-order valence-corrected chi connectivity index (χ1v) is 8.51. The molecule has 1 aliphatic rings. The number of nitrogens with zero attached hydrogens (tertiary/aromatic N) is 3. The van der Waals surface area contributed by atoms with E-state index < -0.39 is 23.3 Å². The number of aryl methyl sites for hydroxylation is 2. The highest BCUT2D eigenvalue weighted by molar-refractivity contribution is 6.23. The second-order valence-corrected chi connectivity index (χ2v) is 6.62. The minimum absolute atomic E-state index is 0.105.